The summed E-state index contributed by atoms with van der Waals surface area (Å²) >= 11 is 0. The van der Waals surface area contributed by atoms with Crippen molar-refractivity contribution in [1.29, 1.82) is 0 Å². The maximum Gasteiger partial charge on any atom is 0.161 e. The molecule has 21 heavy (non-hydrogen) atoms. The van der Waals surface area contributed by atoms with Crippen molar-refractivity contribution in [1.82, 2.24) is 4.90 Å². The summed E-state index contributed by atoms with van der Waals surface area (Å²) < 4.78 is 10.8. The van der Waals surface area contributed by atoms with E-state index in [-0.39, 0.29) is 0 Å². The maximum absolute atomic E-state index is 10.5. The zero-order valence-corrected chi connectivity index (χ0v) is 13.6. The molecule has 0 radical (unpaired) electrons. The first-order chi connectivity index (χ1) is 10.0. The minimum absolute atomic E-state index is 0.575. The summed E-state index contributed by atoms with van der Waals surface area (Å²) in [4.78, 5) is 2.33. The third-order valence-corrected chi connectivity index (χ3v) is 4.63. The molecule has 1 heterocycles. The van der Waals surface area contributed by atoms with Crippen LogP contribution in [0.25, 0.3) is 0 Å². The van der Waals surface area contributed by atoms with Crippen LogP contribution in [0.4, 0.5) is 0 Å². The van der Waals surface area contributed by atoms with E-state index < -0.39 is 5.60 Å². The van der Waals surface area contributed by atoms with Gasteiger partial charge in [0.2, 0.25) is 0 Å². The molecule has 0 aliphatic carbocycles. The van der Waals surface area contributed by atoms with E-state index in [9.17, 15) is 5.11 Å². The second-order valence-corrected chi connectivity index (χ2v) is 5.87. The second-order valence-electron chi connectivity index (χ2n) is 5.87. The normalized spacial score (nSPS) is 15.7. The fraction of sp³-hybridized carbons (Fsp3) is 0.647. The summed E-state index contributed by atoms with van der Waals surface area (Å²) in [5.41, 5.74) is 2.02. The Hall–Kier alpha value is -1.26. The molecule has 0 fully saturated rings. The zero-order chi connectivity index (χ0) is 15.5. The summed E-state index contributed by atoms with van der Waals surface area (Å²) in [6.07, 6.45) is 2.57. The standard InChI is InChI=1S/C17H27NO3/c1-5-17(19,6-2)12-18-8-7-13-9-15(20-3)16(21-4)10-14(13)11-18/h9-10,19H,5-8,11-12H2,1-4H3. The largest absolute Gasteiger partial charge is 0.493 e. The fourth-order valence-electron chi connectivity index (χ4n) is 2.97. The predicted molar refractivity (Wildman–Crippen MR) is 84.1 cm³/mol. The summed E-state index contributed by atoms with van der Waals surface area (Å²) in [6.45, 7) is 6.67. The third-order valence-electron chi connectivity index (χ3n) is 4.63. The highest BCUT2D eigenvalue weighted by atomic mass is 16.5. The molecule has 1 aromatic rings. The highest BCUT2D eigenvalue weighted by molar-refractivity contribution is 5.48. The lowest BCUT2D eigenvalue weighted by Gasteiger charge is -2.36. The molecule has 1 aromatic carbocycles. The van der Waals surface area contributed by atoms with Crippen molar-refractivity contribution in [2.45, 2.75) is 45.3 Å². The molecule has 0 saturated heterocycles. The molecule has 1 N–H and O–H groups in total. The van der Waals surface area contributed by atoms with Gasteiger partial charge in [-0.2, -0.15) is 0 Å². The molecule has 0 unspecified atom stereocenters. The molecule has 0 aromatic heterocycles. The van der Waals surface area contributed by atoms with Gasteiger partial charge in [-0.25, -0.2) is 0 Å². The second kappa shape index (κ2) is 6.67. The number of aliphatic hydroxyl groups is 1. The molecule has 0 atom stereocenters. The van der Waals surface area contributed by atoms with E-state index in [2.05, 4.69) is 30.9 Å². The number of rotatable bonds is 6. The molecule has 0 saturated carbocycles. The van der Waals surface area contributed by atoms with Crippen LogP contribution in [0.1, 0.15) is 37.8 Å². The number of nitrogens with zero attached hydrogens (tertiary/aromatic N) is 1. The topological polar surface area (TPSA) is 41.9 Å². The zero-order valence-electron chi connectivity index (χ0n) is 13.6. The number of hydrogen-bond acceptors (Lipinski definition) is 4. The van der Waals surface area contributed by atoms with Crippen LogP contribution in [0.5, 0.6) is 11.5 Å². The van der Waals surface area contributed by atoms with Gasteiger partial charge in [-0.3, -0.25) is 4.90 Å². The molecule has 0 bridgehead atoms. The number of benzene rings is 1. The first-order valence-electron chi connectivity index (χ1n) is 7.73. The van der Waals surface area contributed by atoms with Crippen molar-refractivity contribution >= 4 is 0 Å². The molecular formula is C17H27NO3. The molecule has 2 rings (SSSR count). The number of methoxy groups -OCH3 is 2. The maximum atomic E-state index is 10.5. The minimum Gasteiger partial charge on any atom is -0.493 e. The molecular weight excluding hydrogens is 266 g/mol. The molecule has 1 aliphatic heterocycles. The monoisotopic (exact) mass is 293 g/mol. The number of fused-ring (bicyclic) bond motifs is 1. The fourth-order valence-corrected chi connectivity index (χ4v) is 2.97. The lowest BCUT2D eigenvalue weighted by Crippen LogP contribution is -2.44. The van der Waals surface area contributed by atoms with E-state index in [4.69, 9.17) is 9.47 Å². The van der Waals surface area contributed by atoms with Gasteiger partial charge in [0.25, 0.3) is 0 Å². The van der Waals surface area contributed by atoms with E-state index in [1.807, 2.05) is 0 Å². The van der Waals surface area contributed by atoms with Gasteiger partial charge in [0.15, 0.2) is 11.5 Å². The van der Waals surface area contributed by atoms with Crippen molar-refractivity contribution < 1.29 is 14.6 Å². The Morgan fingerprint density at radius 3 is 2.19 bits per heavy atom. The van der Waals surface area contributed by atoms with E-state index in [0.29, 0.717) is 0 Å². The Bertz CT molecular complexity index is 483. The molecule has 0 amide bonds. The van der Waals surface area contributed by atoms with Crippen molar-refractivity contribution in [3.05, 3.63) is 23.3 Å². The first-order valence-corrected chi connectivity index (χ1v) is 7.73. The summed E-state index contributed by atoms with van der Waals surface area (Å²) in [5, 5.41) is 10.5. The molecule has 4 heteroatoms. The molecule has 1 aliphatic rings. The predicted octanol–water partition coefficient (Wildman–Crippen LogP) is 2.61. The van der Waals surface area contributed by atoms with Gasteiger partial charge in [0, 0.05) is 19.6 Å². The summed E-state index contributed by atoms with van der Waals surface area (Å²) in [5.74, 6) is 1.57. The van der Waals surface area contributed by atoms with Gasteiger partial charge in [-0.1, -0.05) is 13.8 Å². The van der Waals surface area contributed by atoms with Gasteiger partial charge in [-0.05, 0) is 42.5 Å². The average molecular weight is 293 g/mol. The number of hydrogen-bond donors (Lipinski definition) is 1. The van der Waals surface area contributed by atoms with Crippen molar-refractivity contribution in [3.8, 4) is 11.5 Å². The molecule has 4 nitrogen and oxygen atoms in total. The van der Waals surface area contributed by atoms with Gasteiger partial charge >= 0.3 is 0 Å². The van der Waals surface area contributed by atoms with Crippen LogP contribution in [0.2, 0.25) is 0 Å². The van der Waals surface area contributed by atoms with Gasteiger partial charge < -0.3 is 14.6 Å². The third kappa shape index (κ3) is 3.50. The first kappa shape index (κ1) is 16.1. The summed E-state index contributed by atoms with van der Waals surface area (Å²) in [7, 11) is 3.33. The van der Waals surface area contributed by atoms with E-state index >= 15 is 0 Å². The number of ether oxygens (including phenoxy) is 2. The number of β-amino-alcohol motifs (C(OH)–C–C–N with tert-alkyl or cyclic N) is 1. The quantitative estimate of drug-likeness (QED) is 0.875. The molecule has 0 spiro atoms. The molecule has 118 valence electrons. The van der Waals surface area contributed by atoms with Crippen LogP contribution in [0, 0.1) is 0 Å². The minimum atomic E-state index is -0.575. The van der Waals surface area contributed by atoms with Gasteiger partial charge in [0.1, 0.15) is 0 Å². The lowest BCUT2D eigenvalue weighted by molar-refractivity contribution is -0.00688. The summed E-state index contributed by atoms with van der Waals surface area (Å²) in [6, 6.07) is 4.15. The van der Waals surface area contributed by atoms with Crippen LogP contribution < -0.4 is 9.47 Å². The Labute approximate surface area is 127 Å². The van der Waals surface area contributed by atoms with E-state index in [0.717, 1.165) is 50.4 Å². The Balaban J connectivity index is 2.16. The van der Waals surface area contributed by atoms with Gasteiger partial charge in [0.05, 0.1) is 19.8 Å². The highest BCUT2D eigenvalue weighted by Crippen LogP contribution is 2.33. The SMILES string of the molecule is CCC(O)(CC)CN1CCc2cc(OC)c(OC)cc2C1. The lowest BCUT2D eigenvalue weighted by atomic mass is 9.93. The van der Waals surface area contributed by atoms with E-state index in [1.165, 1.54) is 11.1 Å². The Kier molecular flexibility index (Phi) is 5.12. The van der Waals surface area contributed by atoms with Crippen LogP contribution in [-0.4, -0.2) is 42.9 Å². The highest BCUT2D eigenvalue weighted by Gasteiger charge is 2.28. The Morgan fingerprint density at radius 2 is 1.67 bits per heavy atom. The van der Waals surface area contributed by atoms with Crippen LogP contribution in [0.15, 0.2) is 12.1 Å². The van der Waals surface area contributed by atoms with Crippen molar-refractivity contribution in [3.63, 3.8) is 0 Å². The van der Waals surface area contributed by atoms with Crippen molar-refractivity contribution in [2.75, 3.05) is 27.3 Å². The van der Waals surface area contributed by atoms with Crippen molar-refractivity contribution in [2.24, 2.45) is 0 Å². The Morgan fingerprint density at radius 1 is 1.10 bits per heavy atom. The van der Waals surface area contributed by atoms with Crippen LogP contribution in [0.3, 0.4) is 0 Å². The van der Waals surface area contributed by atoms with Crippen LogP contribution >= 0.6 is 0 Å². The smallest absolute Gasteiger partial charge is 0.161 e. The van der Waals surface area contributed by atoms with E-state index in [1.54, 1.807) is 14.2 Å². The van der Waals surface area contributed by atoms with Gasteiger partial charge in [-0.15, -0.1) is 0 Å². The van der Waals surface area contributed by atoms with Crippen LogP contribution in [-0.2, 0) is 13.0 Å². The average Bonchev–Trinajstić information content (AvgIpc) is 2.53.